The summed E-state index contributed by atoms with van der Waals surface area (Å²) in [6, 6.07) is 13.2. The van der Waals surface area contributed by atoms with E-state index in [9.17, 15) is 10.1 Å². The SMILES string of the molecule is COc1ccc(C2=NN(C(=O)CSc3nc(C)c(C)c(C)c3C#N)[C@H](c3ccco3)C2)cc1. The minimum atomic E-state index is -0.324. The summed E-state index contributed by atoms with van der Waals surface area (Å²) < 4.78 is 10.9. The minimum absolute atomic E-state index is 0.111. The number of carbonyl (C=O) groups is 1. The number of amides is 1. The molecule has 33 heavy (non-hydrogen) atoms. The molecular weight excluding hydrogens is 436 g/mol. The van der Waals surface area contributed by atoms with Crippen LogP contribution in [0.5, 0.6) is 5.75 Å². The second kappa shape index (κ2) is 9.51. The van der Waals surface area contributed by atoms with Crippen LogP contribution in [0, 0.1) is 32.1 Å². The average molecular weight is 461 g/mol. The van der Waals surface area contributed by atoms with E-state index in [4.69, 9.17) is 9.15 Å². The summed E-state index contributed by atoms with van der Waals surface area (Å²) in [6.07, 6.45) is 2.14. The van der Waals surface area contributed by atoms with Gasteiger partial charge in [-0.15, -0.1) is 0 Å². The summed E-state index contributed by atoms with van der Waals surface area (Å²) in [7, 11) is 1.62. The second-order valence-electron chi connectivity index (χ2n) is 7.78. The Kier molecular flexibility index (Phi) is 6.52. The fourth-order valence-electron chi connectivity index (χ4n) is 3.74. The van der Waals surface area contributed by atoms with Gasteiger partial charge in [-0.1, -0.05) is 11.8 Å². The highest BCUT2D eigenvalue weighted by Gasteiger charge is 2.35. The number of aryl methyl sites for hydroxylation is 1. The van der Waals surface area contributed by atoms with Crippen molar-refractivity contribution in [1.82, 2.24) is 9.99 Å². The smallest absolute Gasteiger partial charge is 0.253 e. The zero-order valence-corrected chi connectivity index (χ0v) is 19.8. The van der Waals surface area contributed by atoms with Crippen LogP contribution in [0.4, 0.5) is 0 Å². The Hall–Kier alpha value is -3.57. The molecule has 0 unspecified atom stereocenters. The summed E-state index contributed by atoms with van der Waals surface area (Å²) in [5.41, 5.74) is 4.99. The van der Waals surface area contributed by atoms with Crippen LogP contribution in [-0.2, 0) is 4.79 Å². The van der Waals surface area contributed by atoms with Crippen LogP contribution >= 0.6 is 11.8 Å². The molecule has 1 aliphatic heterocycles. The molecule has 8 heteroatoms. The number of thioether (sulfide) groups is 1. The number of benzene rings is 1. The van der Waals surface area contributed by atoms with Gasteiger partial charge in [-0.2, -0.15) is 10.4 Å². The second-order valence-corrected chi connectivity index (χ2v) is 8.74. The molecule has 3 heterocycles. The molecule has 3 aromatic rings. The van der Waals surface area contributed by atoms with E-state index >= 15 is 0 Å². The van der Waals surface area contributed by atoms with Crippen molar-refractivity contribution in [3.63, 3.8) is 0 Å². The summed E-state index contributed by atoms with van der Waals surface area (Å²) in [4.78, 5) is 17.8. The monoisotopic (exact) mass is 460 g/mol. The van der Waals surface area contributed by atoms with Crippen molar-refractivity contribution in [2.24, 2.45) is 5.10 Å². The Labute approximate surface area is 197 Å². The zero-order chi connectivity index (χ0) is 23.5. The first-order valence-corrected chi connectivity index (χ1v) is 11.5. The van der Waals surface area contributed by atoms with Crippen molar-refractivity contribution in [1.29, 1.82) is 5.26 Å². The van der Waals surface area contributed by atoms with E-state index in [1.54, 1.807) is 19.4 Å². The highest BCUT2D eigenvalue weighted by molar-refractivity contribution is 8.00. The first-order valence-electron chi connectivity index (χ1n) is 10.5. The van der Waals surface area contributed by atoms with Crippen LogP contribution in [0.25, 0.3) is 0 Å². The van der Waals surface area contributed by atoms with Crippen LogP contribution in [0.1, 0.15) is 46.2 Å². The van der Waals surface area contributed by atoms with E-state index in [-0.39, 0.29) is 17.7 Å². The van der Waals surface area contributed by atoms with E-state index < -0.39 is 0 Å². The highest BCUT2D eigenvalue weighted by Crippen LogP contribution is 2.35. The van der Waals surface area contributed by atoms with E-state index in [1.165, 1.54) is 16.8 Å². The normalized spacial score (nSPS) is 15.3. The number of aromatic nitrogens is 1. The molecule has 0 spiro atoms. The number of carbonyl (C=O) groups excluding carboxylic acids is 1. The van der Waals surface area contributed by atoms with Crippen molar-refractivity contribution in [2.75, 3.05) is 12.9 Å². The van der Waals surface area contributed by atoms with Gasteiger partial charge in [0.15, 0.2) is 0 Å². The number of furan rings is 1. The number of nitriles is 1. The molecule has 0 saturated heterocycles. The molecule has 0 N–H and O–H groups in total. The maximum Gasteiger partial charge on any atom is 0.253 e. The molecular formula is C25H24N4O3S. The molecule has 2 aromatic heterocycles. The fraction of sp³-hybridized carbons (Fsp3) is 0.280. The molecule has 0 radical (unpaired) electrons. The van der Waals surface area contributed by atoms with Gasteiger partial charge < -0.3 is 9.15 Å². The molecule has 0 bridgehead atoms. The molecule has 1 aromatic carbocycles. The number of rotatable bonds is 6. The number of methoxy groups -OCH3 is 1. The van der Waals surface area contributed by atoms with Crippen LogP contribution in [0.2, 0.25) is 0 Å². The predicted molar refractivity (Wildman–Crippen MR) is 126 cm³/mol. The van der Waals surface area contributed by atoms with Gasteiger partial charge in [-0.3, -0.25) is 4.79 Å². The van der Waals surface area contributed by atoms with Gasteiger partial charge in [0.2, 0.25) is 0 Å². The number of pyridine rings is 1. The standard InChI is InChI=1S/C25H24N4O3S/c1-15-16(2)20(13-26)25(27-17(15)3)33-14-24(30)29-22(23-6-5-11-32-23)12-21(28-29)18-7-9-19(31-4)10-8-18/h5-11,22H,12,14H2,1-4H3/t22-/m0/s1. The summed E-state index contributed by atoms with van der Waals surface area (Å²) >= 11 is 1.26. The first kappa shape index (κ1) is 22.6. The summed E-state index contributed by atoms with van der Waals surface area (Å²) in [6.45, 7) is 5.77. The highest BCUT2D eigenvalue weighted by atomic mass is 32.2. The molecule has 4 rings (SSSR count). The number of nitrogens with zero attached hydrogens (tertiary/aromatic N) is 4. The Morgan fingerprint density at radius 3 is 2.64 bits per heavy atom. The molecule has 1 amide bonds. The number of hydrazone groups is 1. The predicted octanol–water partition coefficient (Wildman–Crippen LogP) is 4.95. The maximum atomic E-state index is 13.3. The Balaban J connectivity index is 1.59. The fourth-order valence-corrected chi connectivity index (χ4v) is 4.68. The summed E-state index contributed by atoms with van der Waals surface area (Å²) in [5, 5.41) is 16.3. The van der Waals surface area contributed by atoms with E-state index in [0.717, 1.165) is 33.8 Å². The van der Waals surface area contributed by atoms with Crippen molar-refractivity contribution in [3.05, 3.63) is 76.4 Å². The van der Waals surface area contributed by atoms with Gasteiger partial charge in [-0.05, 0) is 73.9 Å². The van der Waals surface area contributed by atoms with Crippen LogP contribution < -0.4 is 4.74 Å². The number of hydrogen-bond donors (Lipinski definition) is 0. The largest absolute Gasteiger partial charge is 0.497 e. The van der Waals surface area contributed by atoms with Gasteiger partial charge in [0.05, 0.1) is 30.4 Å². The summed E-state index contributed by atoms with van der Waals surface area (Å²) in [5.74, 6) is 1.37. The van der Waals surface area contributed by atoms with Gasteiger partial charge in [-0.25, -0.2) is 9.99 Å². The zero-order valence-electron chi connectivity index (χ0n) is 19.0. The molecule has 0 saturated carbocycles. The lowest BCUT2D eigenvalue weighted by molar-refractivity contribution is -0.130. The third-order valence-electron chi connectivity index (χ3n) is 5.87. The van der Waals surface area contributed by atoms with Gasteiger partial charge in [0.25, 0.3) is 5.91 Å². The number of hydrogen-bond acceptors (Lipinski definition) is 7. The van der Waals surface area contributed by atoms with Gasteiger partial charge >= 0.3 is 0 Å². The van der Waals surface area contributed by atoms with Crippen molar-refractivity contribution >= 4 is 23.4 Å². The Morgan fingerprint density at radius 2 is 2.00 bits per heavy atom. The molecule has 1 atom stereocenters. The van der Waals surface area contributed by atoms with E-state index in [1.807, 2.05) is 51.1 Å². The molecule has 168 valence electrons. The van der Waals surface area contributed by atoms with E-state index in [2.05, 4.69) is 16.2 Å². The minimum Gasteiger partial charge on any atom is -0.497 e. The lowest BCUT2D eigenvalue weighted by Gasteiger charge is -2.20. The average Bonchev–Trinajstić information content (AvgIpc) is 3.51. The van der Waals surface area contributed by atoms with Crippen LogP contribution in [0.3, 0.4) is 0 Å². The quantitative estimate of drug-likeness (QED) is 0.483. The lowest BCUT2D eigenvalue weighted by atomic mass is 10.0. The van der Waals surface area contributed by atoms with Gasteiger partial charge in [0.1, 0.15) is 28.6 Å². The van der Waals surface area contributed by atoms with E-state index in [0.29, 0.717) is 22.8 Å². The topological polar surface area (TPSA) is 91.7 Å². The Bertz CT molecular complexity index is 1240. The van der Waals surface area contributed by atoms with Crippen molar-refractivity contribution in [3.8, 4) is 11.8 Å². The first-order chi connectivity index (χ1) is 15.9. The lowest BCUT2D eigenvalue weighted by Crippen LogP contribution is -2.28. The molecule has 1 aliphatic rings. The van der Waals surface area contributed by atoms with Crippen LogP contribution in [-0.4, -0.2) is 34.5 Å². The third-order valence-corrected chi connectivity index (χ3v) is 6.83. The number of ether oxygens (including phenoxy) is 1. The molecule has 7 nitrogen and oxygen atoms in total. The van der Waals surface area contributed by atoms with Gasteiger partial charge in [0, 0.05) is 12.1 Å². The van der Waals surface area contributed by atoms with Crippen molar-refractivity contribution < 1.29 is 13.9 Å². The maximum absolute atomic E-state index is 13.3. The molecule has 0 aliphatic carbocycles. The van der Waals surface area contributed by atoms with Crippen LogP contribution in [0.15, 0.2) is 57.2 Å². The third kappa shape index (κ3) is 4.50. The molecule has 0 fully saturated rings. The van der Waals surface area contributed by atoms with Crippen molar-refractivity contribution in [2.45, 2.75) is 38.3 Å². The Morgan fingerprint density at radius 1 is 1.24 bits per heavy atom.